The van der Waals surface area contributed by atoms with E-state index in [-0.39, 0.29) is 11.7 Å². The van der Waals surface area contributed by atoms with Gasteiger partial charge in [-0.3, -0.25) is 4.79 Å². The number of hydrogen-bond acceptors (Lipinski definition) is 2. The Labute approximate surface area is 110 Å². The molecule has 19 heavy (non-hydrogen) atoms. The van der Waals surface area contributed by atoms with Gasteiger partial charge in [-0.15, -0.1) is 0 Å². The summed E-state index contributed by atoms with van der Waals surface area (Å²) >= 11 is 0. The van der Waals surface area contributed by atoms with Gasteiger partial charge in [-0.2, -0.15) is 5.10 Å². The standard InChI is InChI=1S/C15H13FN2O/c1-11-6-8-12(9-7-11)15(19)18-17-10-13-4-2-3-5-14(13)16/h2-10H,1H3,(H,18,19)/b17-10-. The van der Waals surface area contributed by atoms with Gasteiger partial charge in [0.1, 0.15) is 5.82 Å². The number of rotatable bonds is 3. The third kappa shape index (κ3) is 3.48. The van der Waals surface area contributed by atoms with Crippen molar-refractivity contribution >= 4 is 12.1 Å². The van der Waals surface area contributed by atoms with E-state index in [1.54, 1.807) is 30.3 Å². The van der Waals surface area contributed by atoms with E-state index in [1.165, 1.54) is 12.3 Å². The highest BCUT2D eigenvalue weighted by atomic mass is 19.1. The summed E-state index contributed by atoms with van der Waals surface area (Å²) in [5.74, 6) is -0.705. The van der Waals surface area contributed by atoms with E-state index in [0.29, 0.717) is 11.1 Å². The first-order valence-corrected chi connectivity index (χ1v) is 5.81. The first-order chi connectivity index (χ1) is 9.16. The number of hydrogen-bond donors (Lipinski definition) is 1. The Morgan fingerprint density at radius 3 is 2.53 bits per heavy atom. The van der Waals surface area contributed by atoms with Gasteiger partial charge in [-0.1, -0.05) is 35.9 Å². The molecule has 1 amide bonds. The van der Waals surface area contributed by atoms with Gasteiger partial charge < -0.3 is 0 Å². The predicted octanol–water partition coefficient (Wildman–Crippen LogP) is 2.90. The SMILES string of the molecule is Cc1ccc(C(=O)N/N=C\c2ccccc2F)cc1. The molecule has 0 spiro atoms. The number of carbonyl (C=O) groups is 1. The second-order valence-corrected chi connectivity index (χ2v) is 4.09. The molecule has 0 aromatic heterocycles. The predicted molar refractivity (Wildman–Crippen MR) is 72.6 cm³/mol. The van der Waals surface area contributed by atoms with Crippen molar-refractivity contribution in [3.05, 3.63) is 71.0 Å². The van der Waals surface area contributed by atoms with Crippen molar-refractivity contribution in [3.63, 3.8) is 0 Å². The lowest BCUT2D eigenvalue weighted by atomic mass is 10.1. The lowest BCUT2D eigenvalue weighted by molar-refractivity contribution is 0.0955. The number of halogens is 1. The Balaban J connectivity index is 2.01. The molecule has 2 aromatic rings. The normalized spacial score (nSPS) is 10.6. The summed E-state index contributed by atoms with van der Waals surface area (Å²) in [5, 5.41) is 3.74. The van der Waals surface area contributed by atoms with Crippen molar-refractivity contribution in [1.29, 1.82) is 0 Å². The molecule has 0 heterocycles. The zero-order valence-corrected chi connectivity index (χ0v) is 10.4. The molecule has 3 nitrogen and oxygen atoms in total. The van der Waals surface area contributed by atoms with Crippen LogP contribution in [0.1, 0.15) is 21.5 Å². The molecule has 1 N–H and O–H groups in total. The third-order valence-corrected chi connectivity index (χ3v) is 2.59. The van der Waals surface area contributed by atoms with Crippen molar-refractivity contribution in [1.82, 2.24) is 5.43 Å². The number of carbonyl (C=O) groups excluding carboxylic acids is 1. The number of aryl methyl sites for hydroxylation is 1. The lowest BCUT2D eigenvalue weighted by Gasteiger charge is -2.00. The first-order valence-electron chi connectivity index (χ1n) is 5.81. The monoisotopic (exact) mass is 256 g/mol. The summed E-state index contributed by atoms with van der Waals surface area (Å²) in [4.78, 5) is 11.7. The maximum absolute atomic E-state index is 13.3. The second kappa shape index (κ2) is 5.91. The minimum atomic E-state index is -0.379. The van der Waals surface area contributed by atoms with E-state index in [1.807, 2.05) is 19.1 Å². The van der Waals surface area contributed by atoms with Crippen molar-refractivity contribution in [2.75, 3.05) is 0 Å². The van der Waals surface area contributed by atoms with Gasteiger partial charge in [-0.25, -0.2) is 9.82 Å². The van der Waals surface area contributed by atoms with Crippen LogP contribution in [-0.4, -0.2) is 12.1 Å². The van der Waals surface area contributed by atoms with E-state index in [2.05, 4.69) is 10.5 Å². The molecule has 0 fully saturated rings. The minimum absolute atomic E-state index is 0.326. The quantitative estimate of drug-likeness (QED) is 0.665. The van der Waals surface area contributed by atoms with Crippen LogP contribution in [0.3, 0.4) is 0 Å². The van der Waals surface area contributed by atoms with Crippen molar-refractivity contribution < 1.29 is 9.18 Å². The zero-order valence-electron chi connectivity index (χ0n) is 10.4. The highest BCUT2D eigenvalue weighted by Crippen LogP contribution is 2.04. The molecule has 0 saturated carbocycles. The van der Waals surface area contributed by atoms with Gasteiger partial charge in [0, 0.05) is 11.1 Å². The van der Waals surface area contributed by atoms with Crippen LogP contribution in [0.4, 0.5) is 4.39 Å². The molecular formula is C15H13FN2O. The minimum Gasteiger partial charge on any atom is -0.267 e. The van der Waals surface area contributed by atoms with Crippen LogP contribution in [0, 0.1) is 12.7 Å². The Hall–Kier alpha value is -2.49. The smallest absolute Gasteiger partial charge is 0.267 e. The number of hydrazone groups is 1. The second-order valence-electron chi connectivity index (χ2n) is 4.09. The van der Waals surface area contributed by atoms with E-state index in [9.17, 15) is 9.18 Å². The Morgan fingerprint density at radius 1 is 1.16 bits per heavy atom. The molecule has 0 bridgehead atoms. The average Bonchev–Trinajstić information content (AvgIpc) is 2.41. The summed E-state index contributed by atoms with van der Waals surface area (Å²) in [6.07, 6.45) is 1.28. The zero-order chi connectivity index (χ0) is 13.7. The van der Waals surface area contributed by atoms with Crippen LogP contribution < -0.4 is 5.43 Å². The maximum Gasteiger partial charge on any atom is 0.271 e. The van der Waals surface area contributed by atoms with Gasteiger partial charge >= 0.3 is 0 Å². The molecule has 0 atom stereocenters. The number of benzene rings is 2. The number of amides is 1. The topological polar surface area (TPSA) is 41.5 Å². The average molecular weight is 256 g/mol. The highest BCUT2D eigenvalue weighted by Gasteiger charge is 2.03. The summed E-state index contributed by atoms with van der Waals surface area (Å²) in [6.45, 7) is 1.94. The van der Waals surface area contributed by atoms with E-state index in [0.717, 1.165) is 5.56 Å². The fraction of sp³-hybridized carbons (Fsp3) is 0.0667. The molecule has 0 radical (unpaired) electrons. The van der Waals surface area contributed by atoms with Crippen molar-refractivity contribution in [2.24, 2.45) is 5.10 Å². The molecule has 0 aliphatic carbocycles. The van der Waals surface area contributed by atoms with Crippen LogP contribution in [0.5, 0.6) is 0 Å². The molecular weight excluding hydrogens is 243 g/mol. The molecule has 0 aliphatic rings. The van der Waals surface area contributed by atoms with Crippen LogP contribution >= 0.6 is 0 Å². The van der Waals surface area contributed by atoms with Gasteiger partial charge in [0.25, 0.3) is 5.91 Å². The third-order valence-electron chi connectivity index (χ3n) is 2.59. The molecule has 2 rings (SSSR count). The molecule has 4 heteroatoms. The van der Waals surface area contributed by atoms with Gasteiger partial charge in [0.15, 0.2) is 0 Å². The van der Waals surface area contributed by atoms with Gasteiger partial charge in [0.2, 0.25) is 0 Å². The molecule has 96 valence electrons. The van der Waals surface area contributed by atoms with E-state index >= 15 is 0 Å². The molecule has 0 unspecified atom stereocenters. The highest BCUT2D eigenvalue weighted by molar-refractivity contribution is 5.94. The van der Waals surface area contributed by atoms with Crippen molar-refractivity contribution in [3.8, 4) is 0 Å². The number of nitrogens with zero attached hydrogens (tertiary/aromatic N) is 1. The Kier molecular flexibility index (Phi) is 4.03. The molecule has 0 saturated heterocycles. The Morgan fingerprint density at radius 2 is 1.84 bits per heavy atom. The summed E-state index contributed by atoms with van der Waals surface area (Å²) < 4.78 is 13.3. The van der Waals surface area contributed by atoms with E-state index in [4.69, 9.17) is 0 Å². The fourth-order valence-electron chi connectivity index (χ4n) is 1.51. The van der Waals surface area contributed by atoms with E-state index < -0.39 is 0 Å². The maximum atomic E-state index is 13.3. The number of nitrogens with one attached hydrogen (secondary N) is 1. The summed E-state index contributed by atoms with van der Waals surface area (Å²) in [5.41, 5.74) is 4.27. The first kappa shape index (κ1) is 13.0. The summed E-state index contributed by atoms with van der Waals surface area (Å²) in [6, 6.07) is 13.3. The van der Waals surface area contributed by atoms with Gasteiger partial charge in [0.05, 0.1) is 6.21 Å². The lowest BCUT2D eigenvalue weighted by Crippen LogP contribution is -2.17. The Bertz CT molecular complexity index is 606. The van der Waals surface area contributed by atoms with Crippen LogP contribution in [0.15, 0.2) is 53.6 Å². The van der Waals surface area contributed by atoms with Gasteiger partial charge in [-0.05, 0) is 25.1 Å². The fourth-order valence-corrected chi connectivity index (χ4v) is 1.51. The van der Waals surface area contributed by atoms with Crippen LogP contribution in [-0.2, 0) is 0 Å². The van der Waals surface area contributed by atoms with Crippen molar-refractivity contribution in [2.45, 2.75) is 6.92 Å². The largest absolute Gasteiger partial charge is 0.271 e. The summed E-state index contributed by atoms with van der Waals surface area (Å²) in [7, 11) is 0. The van der Waals surface area contributed by atoms with Crippen LogP contribution in [0.25, 0.3) is 0 Å². The van der Waals surface area contributed by atoms with Crippen LogP contribution in [0.2, 0.25) is 0 Å². The molecule has 0 aliphatic heterocycles. The molecule has 2 aromatic carbocycles.